The number of hydrogen-bond donors (Lipinski definition) is 1. The van der Waals surface area contributed by atoms with Gasteiger partial charge in [-0.05, 0) is 36.8 Å². The first kappa shape index (κ1) is 12.3. The van der Waals surface area contributed by atoms with Gasteiger partial charge in [0.15, 0.2) is 5.13 Å². The number of hydrogen-bond acceptors (Lipinski definition) is 4. The number of thiazole rings is 1. The van der Waals surface area contributed by atoms with E-state index in [9.17, 15) is 0 Å². The minimum Gasteiger partial charge on any atom is -0.330 e. The Labute approximate surface area is 126 Å². The second kappa shape index (κ2) is 4.82. The molecule has 0 aliphatic rings. The lowest BCUT2D eigenvalue weighted by Gasteiger charge is -2.03. The predicted molar refractivity (Wildman–Crippen MR) is 89.4 cm³/mol. The zero-order valence-corrected chi connectivity index (χ0v) is 12.3. The molecule has 102 valence electrons. The molecule has 0 atom stereocenters. The molecule has 2 aromatic heterocycles. The van der Waals surface area contributed by atoms with Gasteiger partial charge in [0.25, 0.3) is 0 Å². The summed E-state index contributed by atoms with van der Waals surface area (Å²) in [5.41, 5.74) is 4.25. The largest absolute Gasteiger partial charge is 0.330 e. The van der Waals surface area contributed by atoms with E-state index in [0.29, 0.717) is 0 Å². The molecule has 0 saturated carbocycles. The van der Waals surface area contributed by atoms with Crippen molar-refractivity contribution in [2.45, 2.75) is 6.92 Å². The summed E-state index contributed by atoms with van der Waals surface area (Å²) in [6.07, 6.45) is 1.85. The summed E-state index contributed by atoms with van der Waals surface area (Å²) in [6.45, 7) is 2.10. The third kappa shape index (κ3) is 2.34. The Balaban J connectivity index is 1.71. The number of pyridine rings is 1. The van der Waals surface area contributed by atoms with Crippen LogP contribution in [-0.4, -0.2) is 9.97 Å². The maximum absolute atomic E-state index is 4.61. The van der Waals surface area contributed by atoms with Crippen LogP contribution in [-0.2, 0) is 0 Å². The molecule has 4 rings (SSSR count). The standard InChI is InChI=1S/C17H13N3S/c1-11-6-7-15-16(8-11)21-17(20-15)19-13-9-12-4-2-3-5-14(12)18-10-13/h2-10H,1H3,(H,19,20). The summed E-state index contributed by atoms with van der Waals surface area (Å²) in [5.74, 6) is 0. The van der Waals surface area contributed by atoms with E-state index < -0.39 is 0 Å². The van der Waals surface area contributed by atoms with Crippen LogP contribution in [0, 0.1) is 6.92 Å². The van der Waals surface area contributed by atoms with Crippen molar-refractivity contribution in [1.29, 1.82) is 0 Å². The maximum atomic E-state index is 4.61. The molecule has 0 fully saturated rings. The van der Waals surface area contributed by atoms with E-state index in [2.05, 4.69) is 52.5 Å². The zero-order valence-electron chi connectivity index (χ0n) is 11.5. The molecule has 0 aliphatic carbocycles. The third-order valence-corrected chi connectivity index (χ3v) is 4.32. The van der Waals surface area contributed by atoms with Gasteiger partial charge < -0.3 is 5.32 Å². The number of rotatable bonds is 2. The van der Waals surface area contributed by atoms with E-state index in [1.54, 1.807) is 11.3 Å². The Morgan fingerprint density at radius 1 is 1.00 bits per heavy atom. The molecule has 21 heavy (non-hydrogen) atoms. The monoisotopic (exact) mass is 291 g/mol. The van der Waals surface area contributed by atoms with Gasteiger partial charge in [0.1, 0.15) is 0 Å². The summed E-state index contributed by atoms with van der Waals surface area (Å²) in [6, 6.07) is 16.5. The van der Waals surface area contributed by atoms with E-state index in [1.165, 1.54) is 10.3 Å². The molecule has 4 heteroatoms. The molecule has 2 aromatic carbocycles. The van der Waals surface area contributed by atoms with Crippen molar-refractivity contribution in [3.8, 4) is 0 Å². The van der Waals surface area contributed by atoms with Gasteiger partial charge in [0, 0.05) is 5.39 Å². The second-order valence-electron chi connectivity index (χ2n) is 5.03. The van der Waals surface area contributed by atoms with E-state index in [0.717, 1.165) is 27.2 Å². The molecule has 0 amide bonds. The molecule has 4 aromatic rings. The normalized spacial score (nSPS) is 11.1. The molecule has 0 saturated heterocycles. The average molecular weight is 291 g/mol. The Hall–Kier alpha value is -2.46. The minimum atomic E-state index is 0.896. The molecule has 0 aliphatic heterocycles. The van der Waals surface area contributed by atoms with Gasteiger partial charge in [-0.2, -0.15) is 0 Å². The van der Waals surface area contributed by atoms with Gasteiger partial charge in [0.2, 0.25) is 0 Å². The lowest BCUT2D eigenvalue weighted by molar-refractivity contribution is 1.38. The number of nitrogens with one attached hydrogen (secondary N) is 1. The van der Waals surface area contributed by atoms with Crippen LogP contribution in [0.1, 0.15) is 5.56 Å². The summed E-state index contributed by atoms with van der Waals surface area (Å²) in [4.78, 5) is 9.07. The lowest BCUT2D eigenvalue weighted by Crippen LogP contribution is -1.90. The van der Waals surface area contributed by atoms with Crippen LogP contribution in [0.25, 0.3) is 21.1 Å². The highest BCUT2D eigenvalue weighted by Gasteiger charge is 2.05. The fraction of sp³-hybridized carbons (Fsp3) is 0.0588. The topological polar surface area (TPSA) is 37.8 Å². The number of anilines is 2. The number of nitrogens with zero attached hydrogens (tertiary/aromatic N) is 2. The van der Waals surface area contributed by atoms with Crippen molar-refractivity contribution in [3.05, 3.63) is 60.3 Å². The smallest absolute Gasteiger partial charge is 0.188 e. The number of aromatic nitrogens is 2. The Bertz CT molecular complexity index is 943. The summed E-state index contributed by atoms with van der Waals surface area (Å²) in [7, 11) is 0. The Kier molecular flexibility index (Phi) is 2.82. The van der Waals surface area contributed by atoms with Gasteiger partial charge >= 0.3 is 0 Å². The average Bonchev–Trinajstić information content (AvgIpc) is 2.88. The first-order valence-corrected chi connectivity index (χ1v) is 7.59. The van der Waals surface area contributed by atoms with Crippen LogP contribution in [0.15, 0.2) is 54.7 Å². The highest BCUT2D eigenvalue weighted by atomic mass is 32.1. The van der Waals surface area contributed by atoms with Crippen LogP contribution >= 0.6 is 11.3 Å². The second-order valence-corrected chi connectivity index (χ2v) is 6.06. The molecule has 2 heterocycles. The van der Waals surface area contributed by atoms with E-state index in [1.807, 2.05) is 24.4 Å². The quantitative estimate of drug-likeness (QED) is 0.571. The molecule has 0 unspecified atom stereocenters. The molecule has 0 spiro atoms. The maximum Gasteiger partial charge on any atom is 0.188 e. The van der Waals surface area contributed by atoms with E-state index >= 15 is 0 Å². The first-order valence-electron chi connectivity index (χ1n) is 6.77. The number of fused-ring (bicyclic) bond motifs is 2. The van der Waals surface area contributed by atoms with E-state index in [-0.39, 0.29) is 0 Å². The minimum absolute atomic E-state index is 0.896. The zero-order chi connectivity index (χ0) is 14.2. The van der Waals surface area contributed by atoms with Gasteiger partial charge in [-0.3, -0.25) is 4.98 Å². The Morgan fingerprint density at radius 2 is 1.90 bits per heavy atom. The van der Waals surface area contributed by atoms with Crippen molar-refractivity contribution < 1.29 is 0 Å². The van der Waals surface area contributed by atoms with Crippen molar-refractivity contribution in [2.75, 3.05) is 5.32 Å². The van der Waals surface area contributed by atoms with Crippen molar-refractivity contribution >= 4 is 43.3 Å². The van der Waals surface area contributed by atoms with Crippen LogP contribution in [0.3, 0.4) is 0 Å². The van der Waals surface area contributed by atoms with E-state index in [4.69, 9.17) is 0 Å². The molecule has 1 N–H and O–H groups in total. The lowest BCUT2D eigenvalue weighted by atomic mass is 10.2. The molecule has 0 bridgehead atoms. The fourth-order valence-corrected chi connectivity index (χ4v) is 3.33. The first-order chi connectivity index (χ1) is 10.3. The Morgan fingerprint density at radius 3 is 2.86 bits per heavy atom. The SMILES string of the molecule is Cc1ccc2nc(Nc3cnc4ccccc4c3)sc2c1. The molecular weight excluding hydrogens is 278 g/mol. The van der Waals surface area contributed by atoms with Crippen LogP contribution < -0.4 is 5.32 Å². The van der Waals surface area contributed by atoms with Gasteiger partial charge in [-0.1, -0.05) is 35.6 Å². The molecular formula is C17H13N3S. The number of benzene rings is 2. The predicted octanol–water partition coefficient (Wildman–Crippen LogP) is 4.90. The van der Waals surface area contributed by atoms with Crippen LogP contribution in [0.4, 0.5) is 10.8 Å². The van der Waals surface area contributed by atoms with Gasteiger partial charge in [0.05, 0.1) is 27.6 Å². The number of para-hydroxylation sites is 1. The van der Waals surface area contributed by atoms with Gasteiger partial charge in [-0.15, -0.1) is 0 Å². The highest BCUT2D eigenvalue weighted by molar-refractivity contribution is 7.22. The van der Waals surface area contributed by atoms with Crippen molar-refractivity contribution in [1.82, 2.24) is 9.97 Å². The summed E-state index contributed by atoms with van der Waals surface area (Å²) >= 11 is 1.66. The van der Waals surface area contributed by atoms with Crippen LogP contribution in [0.2, 0.25) is 0 Å². The number of aryl methyl sites for hydroxylation is 1. The fourth-order valence-electron chi connectivity index (χ4n) is 2.35. The summed E-state index contributed by atoms with van der Waals surface area (Å²) < 4.78 is 1.20. The third-order valence-electron chi connectivity index (χ3n) is 3.39. The van der Waals surface area contributed by atoms with Gasteiger partial charge in [-0.25, -0.2) is 4.98 Å². The molecule has 0 radical (unpaired) electrons. The summed E-state index contributed by atoms with van der Waals surface area (Å²) in [5, 5.41) is 5.37. The van der Waals surface area contributed by atoms with Crippen molar-refractivity contribution in [3.63, 3.8) is 0 Å². The molecule has 3 nitrogen and oxygen atoms in total. The van der Waals surface area contributed by atoms with Crippen LogP contribution in [0.5, 0.6) is 0 Å². The highest BCUT2D eigenvalue weighted by Crippen LogP contribution is 2.29. The van der Waals surface area contributed by atoms with Crippen molar-refractivity contribution in [2.24, 2.45) is 0 Å².